The van der Waals surface area contributed by atoms with E-state index < -0.39 is 0 Å². The molecule has 19 heavy (non-hydrogen) atoms. The Labute approximate surface area is 120 Å². The largest absolute Gasteiger partial charge is 0.352 e. The normalized spacial score (nSPS) is 16.9. The highest BCUT2D eigenvalue weighted by Crippen LogP contribution is 2.27. The van der Waals surface area contributed by atoms with Crippen molar-refractivity contribution in [3.8, 4) is 0 Å². The molecule has 1 fully saturated rings. The second kappa shape index (κ2) is 8.17. The van der Waals surface area contributed by atoms with Crippen LogP contribution in [-0.2, 0) is 11.3 Å². The van der Waals surface area contributed by atoms with Crippen molar-refractivity contribution in [2.75, 3.05) is 6.54 Å². The van der Waals surface area contributed by atoms with Crippen LogP contribution in [0.3, 0.4) is 0 Å². The number of hydrogen-bond acceptors (Lipinski definition) is 3. The lowest BCUT2D eigenvalue weighted by molar-refractivity contribution is -0.122. The third-order valence-electron chi connectivity index (χ3n) is 3.70. The average molecular weight is 287 g/mol. The zero-order valence-electron chi connectivity index (χ0n) is 11.1. The van der Waals surface area contributed by atoms with Crippen LogP contribution >= 0.6 is 12.4 Å². The van der Waals surface area contributed by atoms with Crippen LogP contribution < -0.4 is 11.1 Å². The van der Waals surface area contributed by atoms with Gasteiger partial charge in [0.2, 0.25) is 5.91 Å². The molecule has 0 saturated heterocycles. The number of aryl methyl sites for hydroxylation is 1. The lowest BCUT2D eigenvalue weighted by Gasteiger charge is -2.23. The van der Waals surface area contributed by atoms with Crippen LogP contribution in [0.15, 0.2) is 18.5 Å². The third kappa shape index (κ3) is 4.84. The number of rotatable bonds is 6. The number of nitrogens with one attached hydrogen (secondary N) is 1. The van der Waals surface area contributed by atoms with Crippen molar-refractivity contribution in [1.82, 2.24) is 15.1 Å². The molecule has 1 unspecified atom stereocenters. The van der Waals surface area contributed by atoms with Gasteiger partial charge < -0.3 is 11.1 Å². The van der Waals surface area contributed by atoms with Gasteiger partial charge in [-0.25, -0.2) is 0 Å². The topological polar surface area (TPSA) is 72.9 Å². The second-order valence-electron chi connectivity index (χ2n) is 4.97. The molecular weight excluding hydrogens is 264 g/mol. The summed E-state index contributed by atoms with van der Waals surface area (Å²) in [6, 6.07) is 2.01. The Kier molecular flexibility index (Phi) is 6.87. The molecule has 0 radical (unpaired) electrons. The number of hydrogen-bond donors (Lipinski definition) is 2. The first kappa shape index (κ1) is 16.0. The highest BCUT2D eigenvalue weighted by Gasteiger charge is 2.24. The van der Waals surface area contributed by atoms with E-state index in [0.29, 0.717) is 25.4 Å². The summed E-state index contributed by atoms with van der Waals surface area (Å²) in [5.41, 5.74) is 5.76. The lowest BCUT2D eigenvalue weighted by atomic mass is 9.98. The summed E-state index contributed by atoms with van der Waals surface area (Å²) in [6.45, 7) is 1.17. The van der Waals surface area contributed by atoms with Crippen molar-refractivity contribution in [3.05, 3.63) is 18.5 Å². The molecule has 0 aliphatic heterocycles. The predicted octanol–water partition coefficient (Wildman–Crippen LogP) is 1.33. The van der Waals surface area contributed by atoms with Crippen LogP contribution in [0.5, 0.6) is 0 Å². The number of nitrogens with zero attached hydrogens (tertiary/aromatic N) is 2. The van der Waals surface area contributed by atoms with Gasteiger partial charge in [-0.05, 0) is 24.8 Å². The van der Waals surface area contributed by atoms with Gasteiger partial charge in [0, 0.05) is 37.9 Å². The van der Waals surface area contributed by atoms with Crippen LogP contribution in [0.25, 0.3) is 0 Å². The maximum atomic E-state index is 11.9. The molecule has 1 aliphatic carbocycles. The number of carbonyl (C=O) groups is 1. The predicted molar refractivity (Wildman–Crippen MR) is 77.0 cm³/mol. The second-order valence-corrected chi connectivity index (χ2v) is 4.97. The van der Waals surface area contributed by atoms with Crippen molar-refractivity contribution in [2.24, 2.45) is 11.7 Å². The van der Waals surface area contributed by atoms with E-state index in [4.69, 9.17) is 5.73 Å². The molecule has 0 aromatic carbocycles. The molecule has 108 valence electrons. The Morgan fingerprint density at radius 3 is 2.79 bits per heavy atom. The van der Waals surface area contributed by atoms with Crippen LogP contribution in [0, 0.1) is 5.92 Å². The first-order valence-electron chi connectivity index (χ1n) is 6.76. The number of nitrogens with two attached hydrogens (primary N) is 1. The molecule has 0 bridgehead atoms. The van der Waals surface area contributed by atoms with E-state index >= 15 is 0 Å². The summed E-state index contributed by atoms with van der Waals surface area (Å²) < 4.78 is 1.77. The van der Waals surface area contributed by atoms with Crippen LogP contribution in [0.1, 0.15) is 32.1 Å². The Bertz CT molecular complexity index is 363. The molecule has 1 saturated carbocycles. The SMILES string of the molecule is Cl.NCC(NC(=O)CCn1cccn1)C1CCCC1. The molecule has 1 aliphatic rings. The first-order chi connectivity index (χ1) is 8.79. The third-order valence-corrected chi connectivity index (χ3v) is 3.70. The maximum absolute atomic E-state index is 11.9. The van der Waals surface area contributed by atoms with E-state index in [9.17, 15) is 4.79 Å². The van der Waals surface area contributed by atoms with Gasteiger partial charge in [0.05, 0.1) is 0 Å². The van der Waals surface area contributed by atoms with Gasteiger partial charge in [0.25, 0.3) is 0 Å². The summed E-state index contributed by atoms with van der Waals surface area (Å²) in [7, 11) is 0. The lowest BCUT2D eigenvalue weighted by Crippen LogP contribution is -2.44. The zero-order chi connectivity index (χ0) is 12.8. The minimum atomic E-state index is 0. The molecule has 1 aromatic heterocycles. The molecular formula is C13H23ClN4O. The van der Waals surface area contributed by atoms with E-state index in [1.165, 1.54) is 25.7 Å². The van der Waals surface area contributed by atoms with E-state index in [0.717, 1.165) is 0 Å². The standard InChI is InChI=1S/C13H22N4O.ClH/c14-10-12(11-4-1-2-5-11)16-13(18)6-9-17-8-3-7-15-17;/h3,7-8,11-12H,1-2,4-6,9-10,14H2,(H,16,18);1H. The highest BCUT2D eigenvalue weighted by atomic mass is 35.5. The van der Waals surface area contributed by atoms with Gasteiger partial charge in [0.15, 0.2) is 0 Å². The molecule has 1 atom stereocenters. The van der Waals surface area contributed by atoms with Gasteiger partial charge in [0.1, 0.15) is 0 Å². The van der Waals surface area contributed by atoms with Gasteiger partial charge in [-0.3, -0.25) is 9.48 Å². The minimum absolute atomic E-state index is 0. The van der Waals surface area contributed by atoms with E-state index in [-0.39, 0.29) is 24.4 Å². The van der Waals surface area contributed by atoms with Crippen molar-refractivity contribution < 1.29 is 4.79 Å². The molecule has 3 N–H and O–H groups in total. The summed E-state index contributed by atoms with van der Waals surface area (Å²) in [5.74, 6) is 0.650. The van der Waals surface area contributed by atoms with Crippen molar-refractivity contribution >= 4 is 18.3 Å². The van der Waals surface area contributed by atoms with Crippen LogP contribution in [0.4, 0.5) is 0 Å². The molecule has 0 spiro atoms. The number of carbonyl (C=O) groups excluding carboxylic acids is 1. The fourth-order valence-corrected chi connectivity index (χ4v) is 2.66. The Morgan fingerprint density at radius 2 is 2.21 bits per heavy atom. The van der Waals surface area contributed by atoms with Crippen molar-refractivity contribution in [1.29, 1.82) is 0 Å². The number of amides is 1. The molecule has 1 amide bonds. The van der Waals surface area contributed by atoms with E-state index in [1.807, 2.05) is 12.3 Å². The molecule has 1 aromatic rings. The quantitative estimate of drug-likeness (QED) is 0.829. The Hall–Kier alpha value is -1.07. The van der Waals surface area contributed by atoms with Crippen LogP contribution in [-0.4, -0.2) is 28.3 Å². The smallest absolute Gasteiger partial charge is 0.222 e. The summed E-state index contributed by atoms with van der Waals surface area (Å²) in [4.78, 5) is 11.9. The number of aromatic nitrogens is 2. The number of halogens is 1. The molecule has 6 heteroatoms. The fraction of sp³-hybridized carbons (Fsp3) is 0.692. The Balaban J connectivity index is 0.00000180. The minimum Gasteiger partial charge on any atom is -0.352 e. The Morgan fingerprint density at radius 1 is 1.47 bits per heavy atom. The summed E-state index contributed by atoms with van der Waals surface area (Å²) in [5, 5.41) is 7.14. The maximum Gasteiger partial charge on any atom is 0.222 e. The average Bonchev–Trinajstić information content (AvgIpc) is 3.05. The zero-order valence-corrected chi connectivity index (χ0v) is 11.9. The molecule has 5 nitrogen and oxygen atoms in total. The summed E-state index contributed by atoms with van der Waals surface area (Å²) in [6.07, 6.45) is 8.98. The van der Waals surface area contributed by atoms with Gasteiger partial charge in [-0.1, -0.05) is 12.8 Å². The van der Waals surface area contributed by atoms with Gasteiger partial charge >= 0.3 is 0 Å². The highest BCUT2D eigenvalue weighted by molar-refractivity contribution is 5.85. The molecule has 2 rings (SSSR count). The van der Waals surface area contributed by atoms with Gasteiger partial charge in [-0.15, -0.1) is 12.4 Å². The van der Waals surface area contributed by atoms with E-state index in [1.54, 1.807) is 10.9 Å². The summed E-state index contributed by atoms with van der Waals surface area (Å²) >= 11 is 0. The van der Waals surface area contributed by atoms with Crippen molar-refractivity contribution in [2.45, 2.75) is 44.7 Å². The van der Waals surface area contributed by atoms with E-state index in [2.05, 4.69) is 10.4 Å². The fourth-order valence-electron chi connectivity index (χ4n) is 2.66. The first-order valence-corrected chi connectivity index (χ1v) is 6.76. The van der Waals surface area contributed by atoms with Crippen molar-refractivity contribution in [3.63, 3.8) is 0 Å². The monoisotopic (exact) mass is 286 g/mol. The van der Waals surface area contributed by atoms with Gasteiger partial charge in [-0.2, -0.15) is 5.10 Å². The van der Waals surface area contributed by atoms with Crippen LogP contribution in [0.2, 0.25) is 0 Å². The molecule has 1 heterocycles.